The zero-order valence-corrected chi connectivity index (χ0v) is 14.3. The molecule has 138 valence electrons. The number of nitrogens with zero attached hydrogens (tertiary/aromatic N) is 3. The molecule has 1 aliphatic rings. The highest BCUT2D eigenvalue weighted by molar-refractivity contribution is 5.76. The zero-order chi connectivity index (χ0) is 18.4. The third-order valence-corrected chi connectivity index (χ3v) is 4.05. The molecule has 1 aliphatic heterocycles. The van der Waals surface area contributed by atoms with Crippen LogP contribution in [0.2, 0.25) is 0 Å². The number of aromatic nitrogens is 2. The first-order valence-corrected chi connectivity index (χ1v) is 8.33. The van der Waals surface area contributed by atoms with Gasteiger partial charge in [-0.05, 0) is 18.2 Å². The molecule has 8 heteroatoms. The molecule has 0 radical (unpaired) electrons. The lowest BCUT2D eigenvalue weighted by atomic mass is 10.1. The molecule has 1 unspecified atom stereocenters. The second-order valence-electron chi connectivity index (χ2n) is 6.22. The van der Waals surface area contributed by atoms with E-state index in [2.05, 4.69) is 4.98 Å². The third-order valence-electron chi connectivity index (χ3n) is 4.05. The number of para-hydroxylation sites is 1. The van der Waals surface area contributed by atoms with Crippen molar-refractivity contribution in [3.63, 3.8) is 0 Å². The molecular formula is C18H21N3O5. The Bertz CT molecular complexity index is 795. The van der Waals surface area contributed by atoms with E-state index in [1.54, 1.807) is 18.2 Å². The van der Waals surface area contributed by atoms with E-state index in [0.29, 0.717) is 18.9 Å². The summed E-state index contributed by atoms with van der Waals surface area (Å²) >= 11 is 0. The summed E-state index contributed by atoms with van der Waals surface area (Å²) in [6, 6.07) is 10.7. The maximum Gasteiger partial charge on any atom is 0.347 e. The maximum atomic E-state index is 12.6. The molecule has 1 N–H and O–H groups in total. The highest BCUT2D eigenvalue weighted by atomic mass is 16.5. The van der Waals surface area contributed by atoms with Crippen LogP contribution in [0.5, 0.6) is 5.75 Å². The lowest BCUT2D eigenvalue weighted by molar-refractivity contribution is -0.135. The van der Waals surface area contributed by atoms with Crippen molar-refractivity contribution < 1.29 is 19.4 Å². The Balaban J connectivity index is 1.65. The van der Waals surface area contributed by atoms with Gasteiger partial charge in [-0.2, -0.15) is 0 Å². The molecule has 1 atom stereocenters. The molecule has 0 spiro atoms. The van der Waals surface area contributed by atoms with Crippen molar-refractivity contribution in [3.05, 3.63) is 59.3 Å². The fraction of sp³-hybridized carbons (Fsp3) is 0.389. The molecular weight excluding hydrogens is 338 g/mol. The lowest BCUT2D eigenvalue weighted by Gasteiger charge is -2.30. The molecule has 0 bridgehead atoms. The quantitative estimate of drug-likeness (QED) is 0.802. The van der Waals surface area contributed by atoms with Gasteiger partial charge in [0.2, 0.25) is 5.91 Å². The summed E-state index contributed by atoms with van der Waals surface area (Å²) in [5.41, 5.74) is -1.82. The summed E-state index contributed by atoms with van der Waals surface area (Å²) in [5.74, 6) is 0.341. The maximum absolute atomic E-state index is 12.6. The Morgan fingerprint density at radius 2 is 2.12 bits per heavy atom. The van der Waals surface area contributed by atoms with Crippen LogP contribution in [0.25, 0.3) is 0 Å². The van der Waals surface area contributed by atoms with Gasteiger partial charge in [-0.15, -0.1) is 0 Å². The van der Waals surface area contributed by atoms with Crippen LogP contribution in [0.15, 0.2) is 53.6 Å². The van der Waals surface area contributed by atoms with Gasteiger partial charge >= 0.3 is 5.69 Å². The first-order chi connectivity index (χ1) is 12.6. The Hall–Kier alpha value is -2.71. The number of benzene rings is 1. The highest BCUT2D eigenvalue weighted by Gasteiger charge is 2.35. The van der Waals surface area contributed by atoms with Crippen molar-refractivity contribution in [2.75, 3.05) is 32.9 Å². The molecule has 1 aromatic heterocycles. The predicted octanol–water partition coefficient (Wildman–Crippen LogP) is -0.0878. The van der Waals surface area contributed by atoms with E-state index >= 15 is 0 Å². The van der Waals surface area contributed by atoms with Crippen molar-refractivity contribution in [3.8, 4) is 5.75 Å². The minimum absolute atomic E-state index is 0.00632. The second-order valence-corrected chi connectivity index (χ2v) is 6.22. The topological polar surface area (TPSA) is 93.9 Å². The van der Waals surface area contributed by atoms with Gasteiger partial charge in [-0.25, -0.2) is 9.78 Å². The van der Waals surface area contributed by atoms with Gasteiger partial charge in [0.05, 0.1) is 19.8 Å². The number of hydrogen-bond donors (Lipinski definition) is 1. The van der Waals surface area contributed by atoms with E-state index in [0.717, 1.165) is 0 Å². The number of hydrogen-bond acceptors (Lipinski definition) is 6. The molecule has 2 heterocycles. The van der Waals surface area contributed by atoms with Gasteiger partial charge in [-0.1, -0.05) is 18.2 Å². The number of β-amino-alcohol motifs (C(OH)–C–C–N with tert-alkyl or cyclic N) is 1. The highest BCUT2D eigenvalue weighted by Crippen LogP contribution is 2.16. The summed E-state index contributed by atoms with van der Waals surface area (Å²) in [7, 11) is 0. The molecule has 3 rings (SSSR count). The van der Waals surface area contributed by atoms with Gasteiger partial charge < -0.3 is 19.5 Å². The van der Waals surface area contributed by atoms with E-state index in [-0.39, 0.29) is 32.2 Å². The SMILES string of the molecule is O=C(Cn1cccnc1=O)N1CCOCC(O)(COc2ccccc2)C1. The van der Waals surface area contributed by atoms with Gasteiger partial charge in [0, 0.05) is 18.9 Å². The second kappa shape index (κ2) is 8.11. The molecule has 0 saturated carbocycles. The largest absolute Gasteiger partial charge is 0.490 e. The average molecular weight is 359 g/mol. The fourth-order valence-corrected chi connectivity index (χ4v) is 2.70. The van der Waals surface area contributed by atoms with Gasteiger partial charge in [0.25, 0.3) is 0 Å². The van der Waals surface area contributed by atoms with E-state index in [1.807, 2.05) is 18.2 Å². The van der Waals surface area contributed by atoms with Crippen molar-refractivity contribution in [1.82, 2.24) is 14.5 Å². The first-order valence-electron chi connectivity index (χ1n) is 8.33. The summed E-state index contributed by atoms with van der Waals surface area (Å²) in [5, 5.41) is 10.8. The number of carbonyl (C=O) groups excluding carboxylic acids is 1. The molecule has 1 saturated heterocycles. The van der Waals surface area contributed by atoms with Crippen molar-refractivity contribution >= 4 is 5.91 Å². The van der Waals surface area contributed by atoms with Crippen LogP contribution in [0.4, 0.5) is 0 Å². The van der Waals surface area contributed by atoms with Crippen LogP contribution >= 0.6 is 0 Å². The van der Waals surface area contributed by atoms with Crippen LogP contribution < -0.4 is 10.4 Å². The lowest BCUT2D eigenvalue weighted by Crippen LogP contribution is -2.51. The van der Waals surface area contributed by atoms with E-state index < -0.39 is 11.3 Å². The molecule has 1 amide bonds. The van der Waals surface area contributed by atoms with Crippen LogP contribution in [-0.2, 0) is 16.1 Å². The van der Waals surface area contributed by atoms with E-state index in [1.165, 1.54) is 21.9 Å². The molecule has 0 aliphatic carbocycles. The predicted molar refractivity (Wildman–Crippen MR) is 92.8 cm³/mol. The van der Waals surface area contributed by atoms with E-state index in [4.69, 9.17) is 9.47 Å². The molecule has 2 aromatic rings. The average Bonchev–Trinajstić information content (AvgIpc) is 2.85. The van der Waals surface area contributed by atoms with Gasteiger partial charge in [0.15, 0.2) is 0 Å². The number of rotatable bonds is 5. The Morgan fingerprint density at radius 3 is 2.88 bits per heavy atom. The normalized spacial score (nSPS) is 20.4. The van der Waals surface area contributed by atoms with Crippen LogP contribution in [0, 0.1) is 0 Å². The smallest absolute Gasteiger partial charge is 0.347 e. The van der Waals surface area contributed by atoms with Crippen LogP contribution in [-0.4, -0.2) is 64.0 Å². The van der Waals surface area contributed by atoms with Crippen LogP contribution in [0.1, 0.15) is 0 Å². The van der Waals surface area contributed by atoms with Crippen molar-refractivity contribution in [2.24, 2.45) is 0 Å². The standard InChI is InChI=1S/C18H21N3O5/c22-16(11-20-8-4-7-19-17(20)23)21-9-10-25-13-18(24,12-21)14-26-15-5-2-1-3-6-15/h1-8,24H,9-14H2. The third kappa shape index (κ3) is 4.68. The zero-order valence-electron chi connectivity index (χ0n) is 14.3. The van der Waals surface area contributed by atoms with Crippen molar-refractivity contribution in [2.45, 2.75) is 12.1 Å². The summed E-state index contributed by atoms with van der Waals surface area (Å²) in [6.07, 6.45) is 2.88. The molecule has 8 nitrogen and oxygen atoms in total. The minimum atomic E-state index is -1.33. The number of carbonyl (C=O) groups is 1. The number of aliphatic hydroxyl groups is 1. The summed E-state index contributed by atoms with van der Waals surface area (Å²) in [4.78, 5) is 29.4. The Kier molecular flexibility index (Phi) is 5.65. The summed E-state index contributed by atoms with van der Waals surface area (Å²) in [6.45, 7) is 0.628. The summed E-state index contributed by atoms with van der Waals surface area (Å²) < 4.78 is 12.3. The van der Waals surface area contributed by atoms with Crippen molar-refractivity contribution in [1.29, 1.82) is 0 Å². The Labute approximate surface area is 150 Å². The molecule has 1 fully saturated rings. The molecule has 1 aromatic carbocycles. The van der Waals surface area contributed by atoms with Gasteiger partial charge in [-0.3, -0.25) is 9.36 Å². The Morgan fingerprint density at radius 1 is 1.31 bits per heavy atom. The van der Waals surface area contributed by atoms with Gasteiger partial charge in [0.1, 0.15) is 24.5 Å². The van der Waals surface area contributed by atoms with Crippen LogP contribution in [0.3, 0.4) is 0 Å². The monoisotopic (exact) mass is 359 g/mol. The minimum Gasteiger partial charge on any atom is -0.490 e. The number of amides is 1. The first kappa shape index (κ1) is 18.1. The fourth-order valence-electron chi connectivity index (χ4n) is 2.70. The number of ether oxygens (including phenoxy) is 2. The molecule has 26 heavy (non-hydrogen) atoms. The van der Waals surface area contributed by atoms with E-state index in [9.17, 15) is 14.7 Å².